The summed E-state index contributed by atoms with van der Waals surface area (Å²) in [5.41, 5.74) is 1.98. The molecule has 0 amide bonds. The van der Waals surface area contributed by atoms with Crippen molar-refractivity contribution in [2.45, 2.75) is 13.8 Å². The standard InChI is InChI=1S/C12H11NO2/c1-3-13-9-4-5-10-8(2)6-12(14)15-11(10)7-9/h3-7H,1-2H3/b13-3+. The highest BCUT2D eigenvalue weighted by atomic mass is 16.4. The fourth-order valence-electron chi connectivity index (χ4n) is 1.54. The number of fused-ring (bicyclic) bond motifs is 1. The second kappa shape index (κ2) is 3.69. The molecule has 2 aromatic rings. The van der Waals surface area contributed by atoms with Crippen molar-refractivity contribution in [3.63, 3.8) is 0 Å². The van der Waals surface area contributed by atoms with Gasteiger partial charge in [-0.25, -0.2) is 4.79 Å². The number of aliphatic imine (C=N–C) groups is 1. The van der Waals surface area contributed by atoms with Crippen LogP contribution >= 0.6 is 0 Å². The van der Waals surface area contributed by atoms with Gasteiger partial charge in [0.15, 0.2) is 0 Å². The summed E-state index contributed by atoms with van der Waals surface area (Å²) in [6.07, 6.45) is 1.70. The molecule has 15 heavy (non-hydrogen) atoms. The molecule has 1 aromatic heterocycles. The van der Waals surface area contributed by atoms with Crippen LogP contribution in [0.3, 0.4) is 0 Å². The highest BCUT2D eigenvalue weighted by Crippen LogP contribution is 2.22. The second-order valence-corrected chi connectivity index (χ2v) is 3.32. The van der Waals surface area contributed by atoms with Crippen LogP contribution in [0, 0.1) is 6.92 Å². The highest BCUT2D eigenvalue weighted by Gasteiger charge is 2.02. The SMILES string of the molecule is C/C=N/c1ccc2c(C)cc(=O)oc2c1. The van der Waals surface area contributed by atoms with E-state index in [0.717, 1.165) is 16.6 Å². The fourth-order valence-corrected chi connectivity index (χ4v) is 1.54. The third-order valence-corrected chi connectivity index (χ3v) is 2.21. The summed E-state index contributed by atoms with van der Waals surface area (Å²) in [7, 11) is 0. The Labute approximate surface area is 87.1 Å². The summed E-state index contributed by atoms with van der Waals surface area (Å²) < 4.78 is 5.10. The number of hydrogen-bond acceptors (Lipinski definition) is 3. The maximum Gasteiger partial charge on any atom is 0.336 e. The van der Waals surface area contributed by atoms with Crippen LogP contribution in [0.2, 0.25) is 0 Å². The predicted molar refractivity (Wildman–Crippen MR) is 61.0 cm³/mol. The molecule has 1 aromatic carbocycles. The molecule has 0 atom stereocenters. The molecule has 0 fully saturated rings. The Morgan fingerprint density at radius 3 is 2.87 bits per heavy atom. The molecular formula is C12H11NO2. The minimum Gasteiger partial charge on any atom is -0.423 e. The van der Waals surface area contributed by atoms with Crippen molar-refractivity contribution in [1.29, 1.82) is 0 Å². The van der Waals surface area contributed by atoms with E-state index in [1.165, 1.54) is 6.07 Å². The number of rotatable bonds is 1. The first-order chi connectivity index (χ1) is 7.20. The molecule has 0 saturated carbocycles. The van der Waals surface area contributed by atoms with Gasteiger partial charge in [-0.05, 0) is 31.5 Å². The number of hydrogen-bond donors (Lipinski definition) is 0. The third-order valence-electron chi connectivity index (χ3n) is 2.21. The van der Waals surface area contributed by atoms with Gasteiger partial charge < -0.3 is 4.42 Å². The van der Waals surface area contributed by atoms with Crippen LogP contribution < -0.4 is 5.63 Å². The molecule has 76 valence electrons. The van der Waals surface area contributed by atoms with Crippen LogP contribution in [0.15, 0.2) is 38.5 Å². The average Bonchev–Trinajstić information content (AvgIpc) is 2.17. The van der Waals surface area contributed by atoms with Crippen LogP contribution in [0.25, 0.3) is 11.0 Å². The Bertz CT molecular complexity index is 582. The lowest BCUT2D eigenvalue weighted by atomic mass is 10.1. The molecular weight excluding hydrogens is 190 g/mol. The van der Waals surface area contributed by atoms with Crippen LogP contribution in [-0.2, 0) is 0 Å². The van der Waals surface area contributed by atoms with Gasteiger partial charge in [0, 0.05) is 23.7 Å². The van der Waals surface area contributed by atoms with E-state index in [4.69, 9.17) is 4.42 Å². The maximum atomic E-state index is 11.2. The third kappa shape index (κ3) is 1.81. The summed E-state index contributed by atoms with van der Waals surface area (Å²) in [5, 5.41) is 0.949. The second-order valence-electron chi connectivity index (χ2n) is 3.32. The van der Waals surface area contributed by atoms with Crippen molar-refractivity contribution < 1.29 is 4.42 Å². The topological polar surface area (TPSA) is 42.6 Å². The maximum absolute atomic E-state index is 11.2. The Balaban J connectivity index is 2.76. The largest absolute Gasteiger partial charge is 0.423 e. The monoisotopic (exact) mass is 201 g/mol. The van der Waals surface area contributed by atoms with E-state index in [2.05, 4.69) is 4.99 Å². The van der Waals surface area contributed by atoms with E-state index in [1.54, 1.807) is 12.3 Å². The van der Waals surface area contributed by atoms with Gasteiger partial charge >= 0.3 is 5.63 Å². The van der Waals surface area contributed by atoms with Gasteiger partial charge in [0.05, 0.1) is 5.69 Å². The molecule has 0 aliphatic carbocycles. The van der Waals surface area contributed by atoms with Gasteiger partial charge in [0.1, 0.15) is 5.58 Å². The number of nitrogens with zero attached hydrogens (tertiary/aromatic N) is 1. The molecule has 0 saturated heterocycles. The fraction of sp³-hybridized carbons (Fsp3) is 0.167. The quantitative estimate of drug-likeness (QED) is 0.526. The molecule has 1 heterocycles. The van der Waals surface area contributed by atoms with Crippen molar-refractivity contribution >= 4 is 22.9 Å². The van der Waals surface area contributed by atoms with E-state index in [-0.39, 0.29) is 5.63 Å². The highest BCUT2D eigenvalue weighted by molar-refractivity contribution is 5.83. The number of aryl methyl sites for hydroxylation is 1. The van der Waals surface area contributed by atoms with E-state index in [9.17, 15) is 4.79 Å². The van der Waals surface area contributed by atoms with E-state index < -0.39 is 0 Å². The van der Waals surface area contributed by atoms with Gasteiger partial charge in [0.2, 0.25) is 0 Å². The Morgan fingerprint density at radius 1 is 1.33 bits per heavy atom. The Kier molecular flexibility index (Phi) is 2.37. The first kappa shape index (κ1) is 9.65. The first-order valence-electron chi connectivity index (χ1n) is 4.74. The van der Waals surface area contributed by atoms with Gasteiger partial charge in [-0.2, -0.15) is 0 Å². The Morgan fingerprint density at radius 2 is 2.13 bits per heavy atom. The molecule has 0 spiro atoms. The lowest BCUT2D eigenvalue weighted by Gasteiger charge is -2.00. The zero-order valence-electron chi connectivity index (χ0n) is 8.65. The van der Waals surface area contributed by atoms with E-state index in [1.807, 2.05) is 26.0 Å². The number of benzene rings is 1. The van der Waals surface area contributed by atoms with E-state index in [0.29, 0.717) is 5.58 Å². The summed E-state index contributed by atoms with van der Waals surface area (Å²) in [4.78, 5) is 15.3. The lowest BCUT2D eigenvalue weighted by Crippen LogP contribution is -1.97. The molecule has 0 N–H and O–H groups in total. The molecule has 3 heteroatoms. The lowest BCUT2D eigenvalue weighted by molar-refractivity contribution is 0.560. The molecule has 3 nitrogen and oxygen atoms in total. The zero-order valence-corrected chi connectivity index (χ0v) is 8.65. The van der Waals surface area contributed by atoms with Crippen molar-refractivity contribution in [3.8, 4) is 0 Å². The van der Waals surface area contributed by atoms with Gasteiger partial charge in [0.25, 0.3) is 0 Å². The molecule has 0 aliphatic heterocycles. The van der Waals surface area contributed by atoms with Crippen LogP contribution in [0.4, 0.5) is 5.69 Å². The van der Waals surface area contributed by atoms with Crippen molar-refractivity contribution in [3.05, 3.63) is 40.2 Å². The summed E-state index contributed by atoms with van der Waals surface area (Å²) in [6, 6.07) is 7.07. The summed E-state index contributed by atoms with van der Waals surface area (Å²) >= 11 is 0. The summed E-state index contributed by atoms with van der Waals surface area (Å²) in [6.45, 7) is 3.73. The minimum atomic E-state index is -0.322. The van der Waals surface area contributed by atoms with Crippen LogP contribution in [-0.4, -0.2) is 6.21 Å². The van der Waals surface area contributed by atoms with Gasteiger partial charge in [-0.3, -0.25) is 4.99 Å². The van der Waals surface area contributed by atoms with Gasteiger partial charge in [-0.15, -0.1) is 0 Å². The predicted octanol–water partition coefficient (Wildman–Crippen LogP) is 2.82. The molecule has 0 unspecified atom stereocenters. The smallest absolute Gasteiger partial charge is 0.336 e. The van der Waals surface area contributed by atoms with Crippen LogP contribution in [0.1, 0.15) is 12.5 Å². The Hall–Kier alpha value is -1.90. The zero-order chi connectivity index (χ0) is 10.8. The van der Waals surface area contributed by atoms with Crippen molar-refractivity contribution in [2.24, 2.45) is 4.99 Å². The molecule has 0 bridgehead atoms. The normalized spacial score (nSPS) is 11.3. The molecule has 0 aliphatic rings. The van der Waals surface area contributed by atoms with Crippen molar-refractivity contribution in [1.82, 2.24) is 0 Å². The van der Waals surface area contributed by atoms with Crippen LogP contribution in [0.5, 0.6) is 0 Å². The van der Waals surface area contributed by atoms with Crippen molar-refractivity contribution in [2.75, 3.05) is 0 Å². The summed E-state index contributed by atoms with van der Waals surface area (Å²) in [5.74, 6) is 0. The first-order valence-corrected chi connectivity index (χ1v) is 4.74. The molecule has 2 rings (SSSR count). The van der Waals surface area contributed by atoms with E-state index >= 15 is 0 Å². The minimum absolute atomic E-state index is 0.322. The average molecular weight is 201 g/mol. The van der Waals surface area contributed by atoms with Gasteiger partial charge in [-0.1, -0.05) is 0 Å². The molecule has 0 radical (unpaired) electrons.